The van der Waals surface area contributed by atoms with Gasteiger partial charge in [-0.1, -0.05) is 24.3 Å². The fourth-order valence-electron chi connectivity index (χ4n) is 5.52. The second-order valence-electron chi connectivity index (χ2n) is 9.85. The average Bonchev–Trinajstić information content (AvgIpc) is 3.32. The van der Waals surface area contributed by atoms with Gasteiger partial charge < -0.3 is 20.4 Å². The number of nitrogens with one attached hydrogen (secondary N) is 1. The second-order valence-corrected chi connectivity index (χ2v) is 11.1. The minimum Gasteiger partial charge on any atom is -0.494 e. The Morgan fingerprint density at radius 1 is 0.944 bits per heavy atom. The SMILES string of the molecule is Cc1cc2c(s1)Nc1ccccc1N=C2N1CCN(CCCCn2c(O)c3c(c2O)CC=CC3)CC1. The van der Waals surface area contributed by atoms with Crippen LogP contribution in [0.4, 0.5) is 16.4 Å². The summed E-state index contributed by atoms with van der Waals surface area (Å²) in [4.78, 5) is 11.3. The maximum Gasteiger partial charge on any atom is 0.197 e. The first-order valence-corrected chi connectivity index (χ1v) is 13.7. The number of hydrogen-bond donors (Lipinski definition) is 3. The van der Waals surface area contributed by atoms with Gasteiger partial charge in [-0.2, -0.15) is 0 Å². The van der Waals surface area contributed by atoms with Gasteiger partial charge in [0.1, 0.15) is 10.8 Å². The molecule has 0 saturated carbocycles. The number of hydrogen-bond acceptors (Lipinski definition) is 7. The second kappa shape index (κ2) is 9.67. The normalized spacial score (nSPS) is 17.1. The number of benzene rings is 1. The van der Waals surface area contributed by atoms with Crippen LogP contribution in [0.25, 0.3) is 0 Å². The van der Waals surface area contributed by atoms with Crippen molar-refractivity contribution in [2.45, 2.75) is 39.2 Å². The van der Waals surface area contributed by atoms with Crippen molar-refractivity contribution < 1.29 is 10.2 Å². The van der Waals surface area contributed by atoms with E-state index in [2.05, 4.69) is 58.5 Å². The van der Waals surface area contributed by atoms with Gasteiger partial charge >= 0.3 is 0 Å². The molecule has 0 bridgehead atoms. The van der Waals surface area contributed by atoms with Crippen molar-refractivity contribution in [1.29, 1.82) is 0 Å². The number of fused-ring (bicyclic) bond motifs is 3. The zero-order chi connectivity index (χ0) is 24.6. The standard InChI is InChI=1S/C28H33N5O2S/c1-19-18-22-25(29-23-10-4-5-11-24(23)30-26(22)36-19)32-16-14-31(15-17-32)12-6-7-13-33-27(34)20-8-2-3-9-21(20)28(33)35/h2-5,10-11,18,30,34-35H,6-9,12-17H2,1H3. The van der Waals surface area contributed by atoms with Crippen LogP contribution >= 0.6 is 11.3 Å². The Bertz CT molecular complexity index is 1300. The lowest BCUT2D eigenvalue weighted by Gasteiger charge is -2.36. The van der Waals surface area contributed by atoms with Crippen LogP contribution in [0, 0.1) is 6.92 Å². The molecule has 6 rings (SSSR count). The highest BCUT2D eigenvalue weighted by atomic mass is 32.1. The molecular formula is C28H33N5O2S. The third-order valence-electron chi connectivity index (χ3n) is 7.48. The van der Waals surface area contributed by atoms with Crippen LogP contribution in [0.5, 0.6) is 11.8 Å². The van der Waals surface area contributed by atoms with E-state index in [1.807, 2.05) is 6.07 Å². The lowest BCUT2D eigenvalue weighted by Crippen LogP contribution is -2.49. The molecule has 2 aromatic heterocycles. The van der Waals surface area contributed by atoms with Crippen LogP contribution in [0.2, 0.25) is 0 Å². The van der Waals surface area contributed by atoms with Gasteiger partial charge in [0.25, 0.3) is 0 Å². The molecule has 1 aromatic carbocycles. The van der Waals surface area contributed by atoms with Crippen molar-refractivity contribution in [1.82, 2.24) is 14.4 Å². The summed E-state index contributed by atoms with van der Waals surface area (Å²) < 4.78 is 1.69. The lowest BCUT2D eigenvalue weighted by molar-refractivity contribution is 0.179. The average molecular weight is 504 g/mol. The van der Waals surface area contributed by atoms with Gasteiger partial charge in [0.15, 0.2) is 11.8 Å². The highest BCUT2D eigenvalue weighted by Gasteiger charge is 2.26. The molecule has 0 radical (unpaired) electrons. The van der Waals surface area contributed by atoms with Gasteiger partial charge in [-0.15, -0.1) is 11.3 Å². The molecule has 188 valence electrons. The number of anilines is 2. The number of nitrogens with zero attached hydrogens (tertiary/aromatic N) is 4. The Hall–Kier alpha value is -3.23. The molecule has 1 saturated heterocycles. The fraction of sp³-hybridized carbons (Fsp3) is 0.393. The van der Waals surface area contributed by atoms with E-state index in [0.717, 1.165) is 73.9 Å². The number of unbranched alkanes of at least 4 members (excludes halogenated alkanes) is 1. The molecule has 7 nitrogen and oxygen atoms in total. The third kappa shape index (κ3) is 4.29. The summed E-state index contributed by atoms with van der Waals surface area (Å²) in [6.07, 6.45) is 7.47. The zero-order valence-corrected chi connectivity index (χ0v) is 21.5. The van der Waals surface area contributed by atoms with Gasteiger partial charge in [-0.3, -0.25) is 9.47 Å². The van der Waals surface area contributed by atoms with Crippen molar-refractivity contribution >= 4 is 33.5 Å². The molecular weight excluding hydrogens is 470 g/mol. The van der Waals surface area contributed by atoms with Crippen LogP contribution < -0.4 is 5.32 Å². The minimum absolute atomic E-state index is 0.240. The molecule has 0 amide bonds. The number of thiophene rings is 1. The number of aryl methyl sites for hydroxylation is 1. The van der Waals surface area contributed by atoms with E-state index in [1.54, 1.807) is 15.9 Å². The highest BCUT2D eigenvalue weighted by Crippen LogP contribution is 2.39. The summed E-state index contributed by atoms with van der Waals surface area (Å²) in [5.41, 5.74) is 5.02. The molecule has 1 fully saturated rings. The number of piperazine rings is 1. The first kappa shape index (κ1) is 23.2. The molecule has 3 aromatic rings. The van der Waals surface area contributed by atoms with E-state index in [-0.39, 0.29) is 11.8 Å². The maximum absolute atomic E-state index is 10.5. The monoisotopic (exact) mass is 503 g/mol. The van der Waals surface area contributed by atoms with E-state index in [1.165, 1.54) is 15.4 Å². The van der Waals surface area contributed by atoms with Crippen LogP contribution in [-0.2, 0) is 19.4 Å². The van der Waals surface area contributed by atoms with Crippen LogP contribution in [0.1, 0.15) is 34.4 Å². The van der Waals surface area contributed by atoms with Crippen molar-refractivity contribution in [2.75, 3.05) is 38.0 Å². The Labute approximate surface area is 216 Å². The number of para-hydroxylation sites is 2. The number of allylic oxidation sites excluding steroid dienone is 2. The number of rotatable bonds is 5. The van der Waals surface area contributed by atoms with Crippen molar-refractivity contribution in [3.05, 3.63) is 64.1 Å². The molecule has 2 aliphatic heterocycles. The lowest BCUT2D eigenvalue weighted by atomic mass is 10.0. The smallest absolute Gasteiger partial charge is 0.197 e. The van der Waals surface area contributed by atoms with Gasteiger partial charge in [-0.05, 0) is 57.4 Å². The third-order valence-corrected chi connectivity index (χ3v) is 8.44. The van der Waals surface area contributed by atoms with Crippen molar-refractivity contribution in [2.24, 2.45) is 4.99 Å². The minimum atomic E-state index is 0.240. The summed E-state index contributed by atoms with van der Waals surface area (Å²) in [6, 6.07) is 10.5. The Balaban J connectivity index is 1.06. The predicted octanol–water partition coefficient (Wildman–Crippen LogP) is 5.16. The van der Waals surface area contributed by atoms with Gasteiger partial charge in [-0.25, -0.2) is 4.99 Å². The van der Waals surface area contributed by atoms with Gasteiger partial charge in [0.05, 0.1) is 16.9 Å². The summed E-state index contributed by atoms with van der Waals surface area (Å²) >= 11 is 1.79. The molecule has 8 heteroatoms. The van der Waals surface area contributed by atoms with Crippen LogP contribution in [-0.4, -0.2) is 63.1 Å². The Kier molecular flexibility index (Phi) is 6.23. The largest absolute Gasteiger partial charge is 0.494 e. The zero-order valence-electron chi connectivity index (χ0n) is 20.7. The van der Waals surface area contributed by atoms with E-state index in [9.17, 15) is 10.2 Å². The molecule has 4 heterocycles. The maximum atomic E-state index is 10.5. The Morgan fingerprint density at radius 2 is 1.64 bits per heavy atom. The summed E-state index contributed by atoms with van der Waals surface area (Å²) in [7, 11) is 0. The topological polar surface area (TPSA) is 76.3 Å². The van der Waals surface area contributed by atoms with E-state index < -0.39 is 0 Å². The van der Waals surface area contributed by atoms with Crippen LogP contribution in [0.15, 0.2) is 47.5 Å². The molecule has 0 spiro atoms. The molecule has 0 atom stereocenters. The quantitative estimate of drug-likeness (QED) is 0.331. The van der Waals surface area contributed by atoms with E-state index >= 15 is 0 Å². The number of aromatic hydroxyl groups is 2. The van der Waals surface area contributed by atoms with Gasteiger partial charge in [0, 0.05) is 48.7 Å². The molecule has 36 heavy (non-hydrogen) atoms. The van der Waals surface area contributed by atoms with E-state index in [0.29, 0.717) is 19.4 Å². The molecule has 3 aliphatic rings. The van der Waals surface area contributed by atoms with E-state index in [4.69, 9.17) is 4.99 Å². The van der Waals surface area contributed by atoms with Crippen molar-refractivity contribution in [3.8, 4) is 11.8 Å². The highest BCUT2D eigenvalue weighted by molar-refractivity contribution is 7.16. The Morgan fingerprint density at radius 3 is 2.39 bits per heavy atom. The number of aromatic nitrogens is 1. The number of aliphatic imine (C=N–C) groups is 1. The first-order chi connectivity index (χ1) is 17.6. The first-order valence-electron chi connectivity index (χ1n) is 12.9. The fourth-order valence-corrected chi connectivity index (χ4v) is 6.44. The van der Waals surface area contributed by atoms with Crippen LogP contribution in [0.3, 0.4) is 0 Å². The predicted molar refractivity (Wildman–Crippen MR) is 147 cm³/mol. The summed E-state index contributed by atoms with van der Waals surface area (Å²) in [5, 5.41) is 25.9. The molecule has 0 unspecified atom stereocenters. The van der Waals surface area contributed by atoms with Crippen molar-refractivity contribution in [3.63, 3.8) is 0 Å². The molecule has 1 aliphatic carbocycles. The summed E-state index contributed by atoms with van der Waals surface area (Å²) in [5.74, 6) is 1.55. The van der Waals surface area contributed by atoms with Gasteiger partial charge in [0.2, 0.25) is 0 Å². The molecule has 3 N–H and O–H groups in total. The number of amidine groups is 1. The summed E-state index contributed by atoms with van der Waals surface area (Å²) in [6.45, 7) is 7.75.